The van der Waals surface area contributed by atoms with Crippen molar-refractivity contribution < 1.29 is 18.3 Å². The van der Waals surface area contributed by atoms with Crippen LogP contribution >= 0.6 is 0 Å². The Morgan fingerprint density at radius 2 is 1.94 bits per heavy atom. The minimum Gasteiger partial charge on any atom is -0.393 e. The fourth-order valence-corrected chi connectivity index (χ4v) is 1.95. The van der Waals surface area contributed by atoms with Gasteiger partial charge in [-0.05, 0) is 12.8 Å². The molecule has 1 saturated heterocycles. The van der Waals surface area contributed by atoms with Gasteiger partial charge in [0.25, 0.3) is 0 Å². The lowest BCUT2D eigenvalue weighted by atomic mass is 10.1. The van der Waals surface area contributed by atoms with Crippen LogP contribution < -0.4 is 4.90 Å². The van der Waals surface area contributed by atoms with Crippen LogP contribution in [0.2, 0.25) is 0 Å². The van der Waals surface area contributed by atoms with Gasteiger partial charge in [0.2, 0.25) is 5.95 Å². The van der Waals surface area contributed by atoms with Crippen molar-refractivity contribution in [2.24, 2.45) is 7.05 Å². The molecule has 7 heteroatoms. The molecule has 1 aromatic heterocycles. The van der Waals surface area contributed by atoms with E-state index in [0.29, 0.717) is 31.9 Å². The van der Waals surface area contributed by atoms with E-state index >= 15 is 0 Å². The maximum absolute atomic E-state index is 12.5. The third kappa shape index (κ3) is 2.54. The highest BCUT2D eigenvalue weighted by Crippen LogP contribution is 2.30. The SMILES string of the molecule is Cn1cc(C(F)(F)F)nc1N1CCC(O)CC1. The normalized spacial score (nSPS) is 18.8. The fourth-order valence-electron chi connectivity index (χ4n) is 1.95. The smallest absolute Gasteiger partial charge is 0.393 e. The van der Waals surface area contributed by atoms with Gasteiger partial charge in [0.05, 0.1) is 6.10 Å². The third-order valence-corrected chi connectivity index (χ3v) is 2.89. The summed E-state index contributed by atoms with van der Waals surface area (Å²) in [6.07, 6.45) is -2.65. The van der Waals surface area contributed by atoms with Gasteiger partial charge in [-0.1, -0.05) is 0 Å². The molecule has 0 amide bonds. The van der Waals surface area contributed by atoms with E-state index in [1.165, 1.54) is 4.57 Å². The summed E-state index contributed by atoms with van der Waals surface area (Å²) in [5.74, 6) is 0.309. The molecule has 0 saturated carbocycles. The Morgan fingerprint density at radius 3 is 2.41 bits per heavy atom. The van der Waals surface area contributed by atoms with Crippen molar-refractivity contribution in [2.75, 3.05) is 18.0 Å². The van der Waals surface area contributed by atoms with Gasteiger partial charge < -0.3 is 14.6 Å². The van der Waals surface area contributed by atoms with Crippen molar-refractivity contribution in [1.82, 2.24) is 9.55 Å². The summed E-state index contributed by atoms with van der Waals surface area (Å²) in [5, 5.41) is 9.34. The molecule has 0 spiro atoms. The molecule has 0 atom stereocenters. The van der Waals surface area contributed by atoms with Crippen LogP contribution in [0, 0.1) is 0 Å². The maximum Gasteiger partial charge on any atom is 0.434 e. The van der Waals surface area contributed by atoms with E-state index in [2.05, 4.69) is 4.98 Å². The zero-order valence-corrected chi connectivity index (χ0v) is 9.41. The van der Waals surface area contributed by atoms with Crippen molar-refractivity contribution in [2.45, 2.75) is 25.1 Å². The molecule has 17 heavy (non-hydrogen) atoms. The monoisotopic (exact) mass is 249 g/mol. The van der Waals surface area contributed by atoms with Crippen LogP contribution in [0.25, 0.3) is 0 Å². The quantitative estimate of drug-likeness (QED) is 0.818. The number of rotatable bonds is 1. The molecular weight excluding hydrogens is 235 g/mol. The van der Waals surface area contributed by atoms with Gasteiger partial charge in [-0.25, -0.2) is 4.98 Å². The second-order valence-electron chi connectivity index (χ2n) is 4.25. The van der Waals surface area contributed by atoms with Crippen LogP contribution in [0.1, 0.15) is 18.5 Å². The Balaban J connectivity index is 2.19. The minimum absolute atomic E-state index is 0.309. The van der Waals surface area contributed by atoms with Crippen LogP contribution in [0.15, 0.2) is 6.20 Å². The number of hydrogen-bond donors (Lipinski definition) is 1. The van der Waals surface area contributed by atoms with Crippen LogP contribution in [0.4, 0.5) is 19.1 Å². The second-order valence-corrected chi connectivity index (χ2v) is 4.25. The first kappa shape index (κ1) is 12.2. The molecule has 96 valence electrons. The summed E-state index contributed by atoms with van der Waals surface area (Å²) in [5.41, 5.74) is -0.874. The summed E-state index contributed by atoms with van der Waals surface area (Å²) >= 11 is 0. The van der Waals surface area contributed by atoms with E-state index < -0.39 is 11.9 Å². The predicted octanol–water partition coefficient (Wildman–Crippen LogP) is 1.40. The highest BCUT2D eigenvalue weighted by molar-refractivity contribution is 5.34. The average molecular weight is 249 g/mol. The molecule has 4 nitrogen and oxygen atoms in total. The number of piperidine rings is 1. The summed E-state index contributed by atoms with van der Waals surface area (Å²) in [4.78, 5) is 5.38. The van der Waals surface area contributed by atoms with Gasteiger partial charge in [-0.15, -0.1) is 0 Å². The Morgan fingerprint density at radius 1 is 1.35 bits per heavy atom. The van der Waals surface area contributed by atoms with Gasteiger partial charge in [-0.3, -0.25) is 0 Å². The van der Waals surface area contributed by atoms with Crippen molar-refractivity contribution in [1.29, 1.82) is 0 Å². The van der Waals surface area contributed by atoms with E-state index in [0.717, 1.165) is 6.20 Å². The lowest BCUT2D eigenvalue weighted by molar-refractivity contribution is -0.140. The number of aryl methyl sites for hydroxylation is 1. The van der Waals surface area contributed by atoms with Gasteiger partial charge in [0.1, 0.15) is 0 Å². The lowest BCUT2D eigenvalue weighted by Gasteiger charge is -2.30. The summed E-state index contributed by atoms with van der Waals surface area (Å²) < 4.78 is 38.8. The van der Waals surface area contributed by atoms with Crippen LogP contribution in [-0.4, -0.2) is 33.9 Å². The zero-order valence-electron chi connectivity index (χ0n) is 9.41. The number of halogens is 3. The zero-order chi connectivity index (χ0) is 12.6. The molecule has 2 rings (SSSR count). The Kier molecular flexibility index (Phi) is 3.03. The number of anilines is 1. The maximum atomic E-state index is 12.5. The van der Waals surface area contributed by atoms with Crippen LogP contribution in [0.5, 0.6) is 0 Å². The first-order valence-corrected chi connectivity index (χ1v) is 5.41. The minimum atomic E-state index is -4.41. The summed E-state index contributed by atoms with van der Waals surface area (Å²) in [6.45, 7) is 1.06. The predicted molar refractivity (Wildman–Crippen MR) is 55.7 cm³/mol. The molecule has 0 unspecified atom stereocenters. The van der Waals surface area contributed by atoms with Crippen molar-refractivity contribution >= 4 is 5.95 Å². The number of nitrogens with zero attached hydrogens (tertiary/aromatic N) is 3. The molecule has 1 aliphatic rings. The third-order valence-electron chi connectivity index (χ3n) is 2.89. The standard InChI is InChI=1S/C10H14F3N3O/c1-15-6-8(10(11,12)13)14-9(15)16-4-2-7(17)3-5-16/h6-7,17H,2-5H2,1H3. The van der Waals surface area contributed by atoms with Crippen LogP contribution in [0.3, 0.4) is 0 Å². The highest BCUT2D eigenvalue weighted by Gasteiger charge is 2.35. The van der Waals surface area contributed by atoms with Gasteiger partial charge in [-0.2, -0.15) is 13.2 Å². The molecule has 0 aliphatic carbocycles. The van der Waals surface area contributed by atoms with Crippen LogP contribution in [-0.2, 0) is 13.2 Å². The number of aliphatic hydroxyl groups excluding tert-OH is 1. The Labute approximate surface area is 96.7 Å². The van der Waals surface area contributed by atoms with E-state index in [-0.39, 0.29) is 6.10 Å². The largest absolute Gasteiger partial charge is 0.434 e. The fraction of sp³-hybridized carbons (Fsp3) is 0.700. The molecule has 0 radical (unpaired) electrons. The van der Waals surface area contributed by atoms with E-state index in [1.54, 1.807) is 11.9 Å². The first-order chi connectivity index (χ1) is 7.88. The number of aliphatic hydroxyl groups is 1. The van der Waals surface area contributed by atoms with Crippen molar-refractivity contribution in [3.8, 4) is 0 Å². The first-order valence-electron chi connectivity index (χ1n) is 5.41. The second kappa shape index (κ2) is 4.21. The van der Waals surface area contributed by atoms with Gasteiger partial charge >= 0.3 is 6.18 Å². The lowest BCUT2D eigenvalue weighted by Crippen LogP contribution is -2.37. The Hall–Kier alpha value is -1.24. The van der Waals surface area contributed by atoms with Gasteiger partial charge in [0, 0.05) is 26.3 Å². The van der Waals surface area contributed by atoms with E-state index in [4.69, 9.17) is 0 Å². The molecule has 1 fully saturated rings. The number of aromatic nitrogens is 2. The molecule has 0 bridgehead atoms. The molecule has 1 aromatic rings. The topological polar surface area (TPSA) is 41.3 Å². The van der Waals surface area contributed by atoms with Gasteiger partial charge in [0.15, 0.2) is 5.69 Å². The molecule has 1 N–H and O–H groups in total. The molecular formula is C10H14F3N3O. The molecule has 1 aliphatic heterocycles. The molecule has 0 aromatic carbocycles. The van der Waals surface area contributed by atoms with Crippen molar-refractivity contribution in [3.63, 3.8) is 0 Å². The highest BCUT2D eigenvalue weighted by atomic mass is 19.4. The summed E-state index contributed by atoms with van der Waals surface area (Å²) in [6, 6.07) is 0. The number of alkyl halides is 3. The summed E-state index contributed by atoms with van der Waals surface area (Å²) in [7, 11) is 1.54. The Bertz CT molecular complexity index is 394. The van der Waals surface area contributed by atoms with E-state index in [1.807, 2.05) is 0 Å². The van der Waals surface area contributed by atoms with Crippen molar-refractivity contribution in [3.05, 3.63) is 11.9 Å². The average Bonchev–Trinajstić information content (AvgIpc) is 2.61. The number of imidazole rings is 1. The number of hydrogen-bond acceptors (Lipinski definition) is 3. The van der Waals surface area contributed by atoms with E-state index in [9.17, 15) is 18.3 Å². The molecule has 2 heterocycles.